The monoisotopic (exact) mass is 339 g/mol. The molecule has 126 valence electrons. The van der Waals surface area contributed by atoms with Crippen molar-refractivity contribution in [2.45, 2.75) is 45.6 Å². The van der Waals surface area contributed by atoms with E-state index in [0.717, 1.165) is 25.1 Å². The maximum absolute atomic E-state index is 12.1. The molecule has 1 N–H and O–H groups in total. The number of hydrogen-bond acceptors (Lipinski definition) is 6. The molecule has 0 aromatic heterocycles. The maximum atomic E-state index is 12.1. The molecule has 0 bridgehead atoms. The van der Waals surface area contributed by atoms with Crippen molar-refractivity contribution in [3.05, 3.63) is 0 Å². The van der Waals surface area contributed by atoms with Crippen LogP contribution in [-0.2, 0) is 19.4 Å². The first-order chi connectivity index (χ1) is 9.75. The van der Waals surface area contributed by atoms with Gasteiger partial charge in [-0.25, -0.2) is 8.42 Å². The molecule has 0 heterocycles. The SMILES string of the molecule is CCCNC(C)(CCCSCCS(C)(=O)=O)C(=O)OCC. The summed E-state index contributed by atoms with van der Waals surface area (Å²) in [5.74, 6) is 1.45. The summed E-state index contributed by atoms with van der Waals surface area (Å²) in [5.41, 5.74) is -0.649. The van der Waals surface area contributed by atoms with Crippen molar-refractivity contribution in [2.75, 3.05) is 36.7 Å². The van der Waals surface area contributed by atoms with E-state index >= 15 is 0 Å². The number of carbonyl (C=O) groups is 1. The highest BCUT2D eigenvalue weighted by atomic mass is 32.2. The summed E-state index contributed by atoms with van der Waals surface area (Å²) in [6, 6.07) is 0. The molecule has 0 aromatic carbocycles. The average Bonchev–Trinajstić information content (AvgIpc) is 2.39. The van der Waals surface area contributed by atoms with Crippen molar-refractivity contribution in [1.29, 1.82) is 0 Å². The van der Waals surface area contributed by atoms with Gasteiger partial charge in [0.15, 0.2) is 0 Å². The molecule has 0 saturated heterocycles. The van der Waals surface area contributed by atoms with E-state index in [1.54, 1.807) is 18.7 Å². The van der Waals surface area contributed by atoms with Crippen molar-refractivity contribution >= 4 is 27.6 Å². The molecule has 7 heteroatoms. The molecule has 0 radical (unpaired) electrons. The van der Waals surface area contributed by atoms with Gasteiger partial charge in [0, 0.05) is 12.0 Å². The molecule has 0 rings (SSSR count). The third kappa shape index (κ3) is 10.1. The molecule has 0 aliphatic rings. The van der Waals surface area contributed by atoms with Crippen LogP contribution in [0.15, 0.2) is 0 Å². The summed E-state index contributed by atoms with van der Waals surface area (Å²) in [4.78, 5) is 12.1. The molecule has 0 spiro atoms. The van der Waals surface area contributed by atoms with Crippen molar-refractivity contribution in [3.8, 4) is 0 Å². The predicted octanol–water partition coefficient (Wildman–Crippen LogP) is 1.87. The van der Waals surface area contributed by atoms with Gasteiger partial charge in [-0.2, -0.15) is 11.8 Å². The van der Waals surface area contributed by atoms with E-state index < -0.39 is 15.4 Å². The molecular weight excluding hydrogens is 310 g/mol. The summed E-state index contributed by atoms with van der Waals surface area (Å²) >= 11 is 1.61. The Labute approximate surface area is 133 Å². The molecule has 0 amide bonds. The first-order valence-corrected chi connectivity index (χ1v) is 10.6. The Morgan fingerprint density at radius 3 is 2.48 bits per heavy atom. The molecule has 0 aliphatic carbocycles. The normalized spacial score (nSPS) is 14.7. The third-order valence-electron chi connectivity index (χ3n) is 3.06. The predicted molar refractivity (Wildman–Crippen MR) is 89.6 cm³/mol. The van der Waals surface area contributed by atoms with Crippen LogP contribution in [0, 0.1) is 0 Å². The number of esters is 1. The second-order valence-electron chi connectivity index (χ2n) is 5.33. The van der Waals surface area contributed by atoms with Crippen LogP contribution < -0.4 is 5.32 Å². The second-order valence-corrected chi connectivity index (χ2v) is 8.81. The highest BCUT2D eigenvalue weighted by molar-refractivity contribution is 8.00. The van der Waals surface area contributed by atoms with Gasteiger partial charge in [-0.3, -0.25) is 4.79 Å². The molecule has 0 aliphatic heterocycles. The second kappa shape index (κ2) is 10.5. The van der Waals surface area contributed by atoms with Crippen LogP contribution in [0.3, 0.4) is 0 Å². The lowest BCUT2D eigenvalue weighted by Gasteiger charge is -2.28. The molecule has 0 fully saturated rings. The van der Waals surface area contributed by atoms with Crippen LogP contribution in [0.1, 0.15) is 40.0 Å². The van der Waals surface area contributed by atoms with E-state index in [1.165, 1.54) is 6.26 Å². The lowest BCUT2D eigenvalue weighted by molar-refractivity contribution is -0.150. The first kappa shape index (κ1) is 20.7. The summed E-state index contributed by atoms with van der Waals surface area (Å²) in [7, 11) is -2.88. The molecule has 0 saturated carbocycles. The smallest absolute Gasteiger partial charge is 0.326 e. The summed E-state index contributed by atoms with van der Waals surface area (Å²) in [6.45, 7) is 6.89. The Hall–Kier alpha value is -0.270. The quantitative estimate of drug-likeness (QED) is 0.432. The van der Waals surface area contributed by atoms with E-state index in [-0.39, 0.29) is 11.7 Å². The minimum absolute atomic E-state index is 0.209. The number of sulfone groups is 1. The van der Waals surface area contributed by atoms with Gasteiger partial charge < -0.3 is 10.1 Å². The Balaban J connectivity index is 4.15. The molecular formula is C14H29NO4S2. The maximum Gasteiger partial charge on any atom is 0.326 e. The number of rotatable bonds is 12. The number of thioether (sulfide) groups is 1. The third-order valence-corrected chi connectivity index (χ3v) is 5.33. The van der Waals surface area contributed by atoms with Crippen molar-refractivity contribution < 1.29 is 17.9 Å². The Morgan fingerprint density at radius 1 is 1.29 bits per heavy atom. The fraction of sp³-hybridized carbons (Fsp3) is 0.929. The van der Waals surface area contributed by atoms with Crippen LogP contribution in [0.5, 0.6) is 0 Å². The first-order valence-electron chi connectivity index (χ1n) is 7.43. The number of nitrogens with one attached hydrogen (secondary N) is 1. The van der Waals surface area contributed by atoms with Gasteiger partial charge >= 0.3 is 5.97 Å². The van der Waals surface area contributed by atoms with Gasteiger partial charge in [0.1, 0.15) is 15.4 Å². The van der Waals surface area contributed by atoms with Crippen molar-refractivity contribution in [3.63, 3.8) is 0 Å². The number of carbonyl (C=O) groups excluding carboxylic acids is 1. The zero-order valence-electron chi connectivity index (χ0n) is 13.6. The number of hydrogen-bond donors (Lipinski definition) is 1. The van der Waals surface area contributed by atoms with E-state index in [1.807, 2.05) is 6.92 Å². The van der Waals surface area contributed by atoms with Gasteiger partial charge in [0.05, 0.1) is 12.4 Å². The Morgan fingerprint density at radius 2 is 1.95 bits per heavy atom. The lowest BCUT2D eigenvalue weighted by atomic mass is 9.96. The fourth-order valence-corrected chi connectivity index (χ4v) is 4.03. The van der Waals surface area contributed by atoms with Crippen LogP contribution in [0.25, 0.3) is 0 Å². The largest absolute Gasteiger partial charge is 0.465 e. The van der Waals surface area contributed by atoms with Gasteiger partial charge in [0.25, 0.3) is 0 Å². The Bertz CT molecular complexity index is 398. The van der Waals surface area contributed by atoms with Gasteiger partial charge in [-0.05, 0) is 45.4 Å². The summed E-state index contributed by atoms with van der Waals surface area (Å²) in [6.07, 6.45) is 3.75. The van der Waals surface area contributed by atoms with Crippen molar-refractivity contribution in [1.82, 2.24) is 5.32 Å². The zero-order chi connectivity index (χ0) is 16.4. The minimum atomic E-state index is -2.88. The molecule has 1 unspecified atom stereocenters. The van der Waals surface area contributed by atoms with E-state index in [2.05, 4.69) is 12.2 Å². The zero-order valence-corrected chi connectivity index (χ0v) is 15.2. The van der Waals surface area contributed by atoms with Crippen LogP contribution in [-0.4, -0.2) is 56.6 Å². The van der Waals surface area contributed by atoms with Gasteiger partial charge in [-0.15, -0.1) is 0 Å². The number of ether oxygens (including phenoxy) is 1. The van der Waals surface area contributed by atoms with Gasteiger partial charge in [-0.1, -0.05) is 6.92 Å². The molecule has 0 aromatic rings. The van der Waals surface area contributed by atoms with Crippen LogP contribution in [0.2, 0.25) is 0 Å². The minimum Gasteiger partial charge on any atom is -0.465 e. The molecule has 21 heavy (non-hydrogen) atoms. The topological polar surface area (TPSA) is 72.5 Å². The van der Waals surface area contributed by atoms with E-state index in [9.17, 15) is 13.2 Å². The summed E-state index contributed by atoms with van der Waals surface area (Å²) < 4.78 is 27.2. The standard InChI is InChI=1S/C14H29NO4S2/c1-5-9-15-14(3,13(16)19-6-2)8-7-10-20-11-12-21(4,17)18/h15H,5-12H2,1-4H3. The Kier molecular flexibility index (Phi) is 10.3. The van der Waals surface area contributed by atoms with Crippen LogP contribution >= 0.6 is 11.8 Å². The molecule has 1 atom stereocenters. The fourth-order valence-electron chi connectivity index (χ4n) is 1.79. The highest BCUT2D eigenvalue weighted by Crippen LogP contribution is 2.17. The lowest BCUT2D eigenvalue weighted by Crippen LogP contribution is -2.50. The highest BCUT2D eigenvalue weighted by Gasteiger charge is 2.33. The van der Waals surface area contributed by atoms with Crippen molar-refractivity contribution in [2.24, 2.45) is 0 Å². The van der Waals surface area contributed by atoms with Crippen LogP contribution in [0.4, 0.5) is 0 Å². The van der Waals surface area contributed by atoms with E-state index in [4.69, 9.17) is 4.74 Å². The average molecular weight is 340 g/mol. The van der Waals surface area contributed by atoms with Gasteiger partial charge in [0.2, 0.25) is 0 Å². The summed E-state index contributed by atoms with van der Waals surface area (Å²) in [5, 5.41) is 3.27. The molecule has 5 nitrogen and oxygen atoms in total. The van der Waals surface area contributed by atoms with E-state index in [0.29, 0.717) is 18.8 Å².